The molecule has 7 nitrogen and oxygen atoms in total. The molecule has 0 saturated heterocycles. The lowest BCUT2D eigenvalue weighted by molar-refractivity contribution is -0.147. The molecule has 1 aromatic heterocycles. The molecule has 1 aromatic carbocycles. The first kappa shape index (κ1) is 18.4. The van der Waals surface area contributed by atoms with Crippen molar-refractivity contribution in [3.63, 3.8) is 0 Å². The fourth-order valence-corrected chi connectivity index (χ4v) is 2.41. The van der Waals surface area contributed by atoms with Crippen LogP contribution < -0.4 is 11.1 Å². The van der Waals surface area contributed by atoms with Crippen molar-refractivity contribution in [3.8, 4) is 0 Å². The topological polar surface area (TPSA) is 111 Å². The summed E-state index contributed by atoms with van der Waals surface area (Å²) in [4.78, 5) is 40.0. The van der Waals surface area contributed by atoms with Crippen LogP contribution in [0.2, 0.25) is 0 Å². The number of benzene rings is 1. The molecule has 0 fully saturated rings. The van der Waals surface area contributed by atoms with Gasteiger partial charge in [0.2, 0.25) is 5.91 Å². The van der Waals surface area contributed by atoms with Crippen molar-refractivity contribution in [2.24, 2.45) is 11.7 Å². The van der Waals surface area contributed by atoms with E-state index < -0.39 is 29.7 Å². The van der Waals surface area contributed by atoms with Crippen LogP contribution in [0.4, 0.5) is 0 Å². The largest absolute Gasteiger partial charge is 0.466 e. The van der Waals surface area contributed by atoms with Gasteiger partial charge in [0.15, 0.2) is 0 Å². The molecule has 1 heterocycles. The number of nitrogens with two attached hydrogens (primary N) is 1. The molecule has 0 spiro atoms. The molecule has 0 unspecified atom stereocenters. The number of ether oxygens (including phenoxy) is 1. The van der Waals surface area contributed by atoms with Crippen LogP contribution in [0.25, 0.3) is 10.9 Å². The highest BCUT2D eigenvalue weighted by Crippen LogP contribution is 2.13. The number of hydrogen-bond donors (Lipinski definition) is 2. The van der Waals surface area contributed by atoms with Crippen LogP contribution >= 0.6 is 0 Å². The maximum Gasteiger partial charge on any atom is 0.308 e. The van der Waals surface area contributed by atoms with Gasteiger partial charge in [-0.3, -0.25) is 14.4 Å². The Balaban J connectivity index is 2.10. The highest BCUT2D eigenvalue weighted by molar-refractivity contribution is 5.97. The van der Waals surface area contributed by atoms with E-state index in [2.05, 4.69) is 10.3 Å². The van der Waals surface area contributed by atoms with E-state index in [4.69, 9.17) is 10.5 Å². The SMILES string of the molecule is CCOC(=O)[C@@H](C)C[C@H](NC(=O)c1ccc2ccccc2n1)C(N)=O. The van der Waals surface area contributed by atoms with Crippen LogP contribution in [-0.4, -0.2) is 35.4 Å². The molecule has 0 aliphatic rings. The zero-order valence-electron chi connectivity index (χ0n) is 14.2. The summed E-state index contributed by atoms with van der Waals surface area (Å²) in [7, 11) is 0. The fourth-order valence-electron chi connectivity index (χ4n) is 2.41. The first-order valence-electron chi connectivity index (χ1n) is 8.05. The van der Waals surface area contributed by atoms with Crippen molar-refractivity contribution in [1.29, 1.82) is 0 Å². The third kappa shape index (κ3) is 4.76. The number of fused-ring (bicyclic) bond motifs is 1. The van der Waals surface area contributed by atoms with Gasteiger partial charge in [-0.2, -0.15) is 0 Å². The molecule has 2 atom stereocenters. The molecule has 2 amide bonds. The van der Waals surface area contributed by atoms with E-state index in [0.29, 0.717) is 5.52 Å². The minimum absolute atomic E-state index is 0.0630. The third-order valence-electron chi connectivity index (χ3n) is 3.76. The number of pyridine rings is 1. The summed E-state index contributed by atoms with van der Waals surface area (Å²) in [6.07, 6.45) is 0.0630. The number of nitrogens with one attached hydrogen (secondary N) is 1. The number of hydrogen-bond acceptors (Lipinski definition) is 5. The second-order valence-corrected chi connectivity index (χ2v) is 5.71. The summed E-state index contributed by atoms with van der Waals surface area (Å²) in [5, 5.41) is 3.45. The van der Waals surface area contributed by atoms with Crippen LogP contribution in [0, 0.1) is 5.92 Å². The van der Waals surface area contributed by atoms with Crippen molar-refractivity contribution in [2.75, 3.05) is 6.61 Å². The average Bonchev–Trinajstić information content (AvgIpc) is 2.60. The molecule has 0 bridgehead atoms. The molecule has 0 aliphatic carbocycles. The van der Waals surface area contributed by atoms with E-state index in [0.717, 1.165) is 5.39 Å². The maximum atomic E-state index is 12.4. The van der Waals surface area contributed by atoms with Gasteiger partial charge in [0, 0.05) is 5.39 Å². The van der Waals surface area contributed by atoms with Gasteiger partial charge in [-0.25, -0.2) is 4.98 Å². The van der Waals surface area contributed by atoms with Gasteiger partial charge in [0.25, 0.3) is 5.91 Å². The Bertz CT molecular complexity index is 791. The van der Waals surface area contributed by atoms with Crippen LogP contribution in [0.5, 0.6) is 0 Å². The molecular weight excluding hydrogens is 322 g/mol. The van der Waals surface area contributed by atoms with Gasteiger partial charge in [-0.1, -0.05) is 31.2 Å². The summed E-state index contributed by atoms with van der Waals surface area (Å²) < 4.78 is 4.91. The van der Waals surface area contributed by atoms with Crippen molar-refractivity contribution < 1.29 is 19.1 Å². The number of para-hydroxylation sites is 1. The zero-order chi connectivity index (χ0) is 18.4. The Morgan fingerprint density at radius 1 is 1.20 bits per heavy atom. The van der Waals surface area contributed by atoms with Crippen LogP contribution in [-0.2, 0) is 14.3 Å². The fraction of sp³-hybridized carbons (Fsp3) is 0.333. The summed E-state index contributed by atoms with van der Waals surface area (Å²) in [5.41, 5.74) is 6.20. The van der Waals surface area contributed by atoms with Gasteiger partial charge in [-0.05, 0) is 25.5 Å². The van der Waals surface area contributed by atoms with Crippen molar-refractivity contribution in [1.82, 2.24) is 10.3 Å². The molecule has 25 heavy (non-hydrogen) atoms. The Hall–Kier alpha value is -2.96. The summed E-state index contributed by atoms with van der Waals surface area (Å²) in [6.45, 7) is 3.56. The quantitative estimate of drug-likeness (QED) is 0.738. The second kappa shape index (κ2) is 8.23. The number of esters is 1. The summed E-state index contributed by atoms with van der Waals surface area (Å²) in [6, 6.07) is 9.74. The van der Waals surface area contributed by atoms with Gasteiger partial charge in [0.05, 0.1) is 18.0 Å². The maximum absolute atomic E-state index is 12.4. The molecule has 2 aromatic rings. The minimum Gasteiger partial charge on any atom is -0.466 e. The van der Waals surface area contributed by atoms with Crippen LogP contribution in [0.1, 0.15) is 30.8 Å². The average molecular weight is 343 g/mol. The van der Waals surface area contributed by atoms with Crippen molar-refractivity contribution in [3.05, 3.63) is 42.1 Å². The monoisotopic (exact) mass is 343 g/mol. The highest BCUT2D eigenvalue weighted by atomic mass is 16.5. The Morgan fingerprint density at radius 2 is 1.92 bits per heavy atom. The highest BCUT2D eigenvalue weighted by Gasteiger charge is 2.26. The van der Waals surface area contributed by atoms with E-state index in [1.165, 1.54) is 0 Å². The van der Waals surface area contributed by atoms with Gasteiger partial charge in [0.1, 0.15) is 11.7 Å². The van der Waals surface area contributed by atoms with E-state index in [-0.39, 0.29) is 18.7 Å². The predicted octanol–water partition coefficient (Wildman–Crippen LogP) is 1.41. The normalized spacial score (nSPS) is 13.0. The number of carbonyl (C=O) groups is 3. The number of primary amides is 1. The first-order valence-corrected chi connectivity index (χ1v) is 8.05. The van der Waals surface area contributed by atoms with E-state index in [1.807, 2.05) is 18.2 Å². The van der Waals surface area contributed by atoms with Crippen molar-refractivity contribution in [2.45, 2.75) is 26.3 Å². The summed E-state index contributed by atoms with van der Waals surface area (Å²) in [5.74, 6) is -2.25. The van der Waals surface area contributed by atoms with Gasteiger partial charge >= 0.3 is 5.97 Å². The van der Waals surface area contributed by atoms with E-state index in [1.54, 1.807) is 32.0 Å². The molecule has 3 N–H and O–H groups in total. The number of aromatic nitrogens is 1. The van der Waals surface area contributed by atoms with Crippen LogP contribution in [0.3, 0.4) is 0 Å². The molecular formula is C18H21N3O4. The predicted molar refractivity (Wildman–Crippen MR) is 92.6 cm³/mol. The molecule has 0 saturated carbocycles. The Kier molecular flexibility index (Phi) is 6.05. The lowest BCUT2D eigenvalue weighted by atomic mass is 10.0. The zero-order valence-corrected chi connectivity index (χ0v) is 14.2. The molecule has 7 heteroatoms. The lowest BCUT2D eigenvalue weighted by Crippen LogP contribution is -2.46. The standard InChI is InChI=1S/C18H21N3O4/c1-3-25-18(24)11(2)10-15(16(19)22)21-17(23)14-9-8-12-6-4-5-7-13(12)20-14/h4-9,11,15H,3,10H2,1-2H3,(H2,19,22)(H,21,23)/t11-,15-/m0/s1. The molecule has 132 valence electrons. The summed E-state index contributed by atoms with van der Waals surface area (Å²) >= 11 is 0. The van der Waals surface area contributed by atoms with E-state index in [9.17, 15) is 14.4 Å². The van der Waals surface area contributed by atoms with Crippen LogP contribution in [0.15, 0.2) is 36.4 Å². The number of amides is 2. The number of carbonyl (C=O) groups excluding carboxylic acids is 3. The lowest BCUT2D eigenvalue weighted by Gasteiger charge is -2.18. The number of nitrogens with zero attached hydrogens (tertiary/aromatic N) is 1. The first-order chi connectivity index (χ1) is 11.9. The number of rotatable bonds is 7. The smallest absolute Gasteiger partial charge is 0.308 e. The molecule has 2 rings (SSSR count). The second-order valence-electron chi connectivity index (χ2n) is 5.71. The third-order valence-corrected chi connectivity index (χ3v) is 3.76. The van der Waals surface area contributed by atoms with E-state index >= 15 is 0 Å². The molecule has 0 radical (unpaired) electrons. The molecule has 0 aliphatic heterocycles. The van der Waals surface area contributed by atoms with Crippen molar-refractivity contribution >= 4 is 28.7 Å². The Morgan fingerprint density at radius 3 is 2.60 bits per heavy atom. The minimum atomic E-state index is -0.986. The van der Waals surface area contributed by atoms with Gasteiger partial charge < -0.3 is 15.8 Å². The Labute approximate surface area is 145 Å². The van der Waals surface area contributed by atoms with Gasteiger partial charge in [-0.15, -0.1) is 0 Å².